The SMILES string of the molecule is CN(CCC(=O)c1ccc(Br)cc1)CC1CCCCO1. The lowest BCUT2D eigenvalue weighted by Crippen LogP contribution is -2.34. The summed E-state index contributed by atoms with van der Waals surface area (Å²) < 4.78 is 6.72. The molecule has 110 valence electrons. The van der Waals surface area contributed by atoms with Crippen LogP contribution in [0.2, 0.25) is 0 Å². The Morgan fingerprint density at radius 3 is 2.75 bits per heavy atom. The van der Waals surface area contributed by atoms with Gasteiger partial charge in [0, 0.05) is 36.2 Å². The molecular formula is C16H22BrNO2. The van der Waals surface area contributed by atoms with Crippen molar-refractivity contribution in [2.24, 2.45) is 0 Å². The number of ether oxygens (including phenoxy) is 1. The predicted molar refractivity (Wildman–Crippen MR) is 84.2 cm³/mol. The molecular weight excluding hydrogens is 318 g/mol. The number of nitrogens with zero attached hydrogens (tertiary/aromatic N) is 1. The minimum Gasteiger partial charge on any atom is -0.377 e. The molecule has 0 spiro atoms. The number of hydrogen-bond donors (Lipinski definition) is 0. The van der Waals surface area contributed by atoms with Gasteiger partial charge >= 0.3 is 0 Å². The Morgan fingerprint density at radius 1 is 1.35 bits per heavy atom. The summed E-state index contributed by atoms with van der Waals surface area (Å²) >= 11 is 3.38. The summed E-state index contributed by atoms with van der Waals surface area (Å²) in [6.07, 6.45) is 4.49. The number of rotatable bonds is 6. The van der Waals surface area contributed by atoms with Crippen molar-refractivity contribution in [2.75, 3.05) is 26.7 Å². The summed E-state index contributed by atoms with van der Waals surface area (Å²) in [6, 6.07) is 7.56. The van der Waals surface area contributed by atoms with E-state index in [1.54, 1.807) is 0 Å². The summed E-state index contributed by atoms with van der Waals surface area (Å²) in [4.78, 5) is 14.3. The van der Waals surface area contributed by atoms with E-state index in [-0.39, 0.29) is 5.78 Å². The summed E-state index contributed by atoms with van der Waals surface area (Å²) in [6.45, 7) is 2.60. The van der Waals surface area contributed by atoms with Crippen molar-refractivity contribution in [1.29, 1.82) is 0 Å². The highest BCUT2D eigenvalue weighted by Gasteiger charge is 2.16. The normalized spacial score (nSPS) is 19.2. The summed E-state index contributed by atoms with van der Waals surface area (Å²) in [5.41, 5.74) is 0.788. The van der Waals surface area contributed by atoms with Gasteiger partial charge in [0.25, 0.3) is 0 Å². The zero-order valence-electron chi connectivity index (χ0n) is 12.0. The second kappa shape index (κ2) is 7.91. The van der Waals surface area contributed by atoms with Crippen molar-refractivity contribution < 1.29 is 9.53 Å². The largest absolute Gasteiger partial charge is 0.377 e. The van der Waals surface area contributed by atoms with E-state index in [1.807, 2.05) is 24.3 Å². The molecule has 0 aromatic heterocycles. The lowest BCUT2D eigenvalue weighted by Gasteiger charge is -2.27. The van der Waals surface area contributed by atoms with E-state index < -0.39 is 0 Å². The second-order valence-corrected chi connectivity index (χ2v) is 6.35. The molecule has 1 aliphatic rings. The molecule has 1 fully saturated rings. The first-order valence-electron chi connectivity index (χ1n) is 7.24. The van der Waals surface area contributed by atoms with Gasteiger partial charge in [0.05, 0.1) is 6.10 Å². The summed E-state index contributed by atoms with van der Waals surface area (Å²) in [5, 5.41) is 0. The second-order valence-electron chi connectivity index (χ2n) is 5.43. The maximum atomic E-state index is 12.1. The number of carbonyl (C=O) groups excluding carboxylic acids is 1. The van der Waals surface area contributed by atoms with Crippen LogP contribution in [0.15, 0.2) is 28.7 Å². The monoisotopic (exact) mass is 339 g/mol. The number of hydrogen-bond acceptors (Lipinski definition) is 3. The Labute approximate surface area is 129 Å². The van der Waals surface area contributed by atoms with E-state index in [2.05, 4.69) is 27.9 Å². The van der Waals surface area contributed by atoms with Crippen LogP contribution < -0.4 is 0 Å². The lowest BCUT2D eigenvalue weighted by atomic mass is 10.1. The standard InChI is InChI=1S/C16H22BrNO2/c1-18(12-15-4-2-3-11-20-15)10-9-16(19)13-5-7-14(17)8-6-13/h5-8,15H,2-4,9-12H2,1H3. The quantitative estimate of drug-likeness (QED) is 0.742. The van der Waals surface area contributed by atoms with Crippen molar-refractivity contribution in [3.05, 3.63) is 34.3 Å². The fourth-order valence-corrected chi connectivity index (χ4v) is 2.73. The molecule has 0 N–H and O–H groups in total. The Morgan fingerprint density at radius 2 is 2.10 bits per heavy atom. The van der Waals surface area contributed by atoms with Crippen LogP contribution in [0.5, 0.6) is 0 Å². The smallest absolute Gasteiger partial charge is 0.164 e. The van der Waals surface area contributed by atoms with Crippen LogP contribution in [-0.4, -0.2) is 43.5 Å². The molecule has 1 unspecified atom stereocenters. The first-order chi connectivity index (χ1) is 9.65. The van der Waals surface area contributed by atoms with Crippen molar-refractivity contribution >= 4 is 21.7 Å². The van der Waals surface area contributed by atoms with Gasteiger partial charge in [-0.25, -0.2) is 0 Å². The van der Waals surface area contributed by atoms with Crippen molar-refractivity contribution in [3.8, 4) is 0 Å². The first kappa shape index (κ1) is 15.7. The highest BCUT2D eigenvalue weighted by molar-refractivity contribution is 9.10. The van der Waals surface area contributed by atoms with Crippen LogP contribution >= 0.6 is 15.9 Å². The third-order valence-corrected chi connectivity index (χ3v) is 4.20. The minimum atomic E-state index is 0.203. The van der Waals surface area contributed by atoms with E-state index >= 15 is 0 Å². The highest BCUT2D eigenvalue weighted by atomic mass is 79.9. The molecule has 1 aromatic carbocycles. The van der Waals surface area contributed by atoms with E-state index in [0.29, 0.717) is 12.5 Å². The molecule has 1 atom stereocenters. The van der Waals surface area contributed by atoms with Gasteiger partial charge in [0.1, 0.15) is 0 Å². The predicted octanol–water partition coefficient (Wildman–Crippen LogP) is 3.52. The van der Waals surface area contributed by atoms with E-state index in [1.165, 1.54) is 12.8 Å². The van der Waals surface area contributed by atoms with Crippen LogP contribution in [0.1, 0.15) is 36.0 Å². The molecule has 4 heteroatoms. The van der Waals surface area contributed by atoms with E-state index in [9.17, 15) is 4.79 Å². The summed E-state index contributed by atoms with van der Waals surface area (Å²) in [5.74, 6) is 0.203. The third kappa shape index (κ3) is 5.00. The van der Waals surface area contributed by atoms with Gasteiger partial charge in [-0.3, -0.25) is 4.79 Å². The highest BCUT2D eigenvalue weighted by Crippen LogP contribution is 2.14. The minimum absolute atomic E-state index is 0.203. The molecule has 0 radical (unpaired) electrons. The average Bonchev–Trinajstić information content (AvgIpc) is 2.46. The fraction of sp³-hybridized carbons (Fsp3) is 0.562. The fourth-order valence-electron chi connectivity index (χ4n) is 2.46. The van der Waals surface area contributed by atoms with E-state index in [4.69, 9.17) is 4.74 Å². The maximum absolute atomic E-state index is 12.1. The number of ketones is 1. The Kier molecular flexibility index (Phi) is 6.20. The molecule has 20 heavy (non-hydrogen) atoms. The van der Waals surface area contributed by atoms with Gasteiger partial charge in [0.2, 0.25) is 0 Å². The molecule has 1 saturated heterocycles. The first-order valence-corrected chi connectivity index (χ1v) is 8.03. The molecule has 0 amide bonds. The van der Waals surface area contributed by atoms with Crippen LogP contribution in [0, 0.1) is 0 Å². The van der Waals surface area contributed by atoms with Crippen LogP contribution in [0.3, 0.4) is 0 Å². The van der Waals surface area contributed by atoms with Gasteiger partial charge in [-0.1, -0.05) is 28.1 Å². The van der Waals surface area contributed by atoms with Gasteiger partial charge in [-0.2, -0.15) is 0 Å². The van der Waals surface area contributed by atoms with Gasteiger partial charge < -0.3 is 9.64 Å². The maximum Gasteiger partial charge on any atom is 0.164 e. The number of benzene rings is 1. The zero-order chi connectivity index (χ0) is 14.4. The van der Waals surface area contributed by atoms with Gasteiger partial charge in [-0.15, -0.1) is 0 Å². The molecule has 0 saturated carbocycles. The molecule has 0 aliphatic carbocycles. The molecule has 3 nitrogen and oxygen atoms in total. The van der Waals surface area contributed by atoms with Crippen molar-refractivity contribution in [1.82, 2.24) is 4.90 Å². The Balaban J connectivity index is 1.73. The van der Waals surface area contributed by atoms with Crippen LogP contribution in [0.4, 0.5) is 0 Å². The lowest BCUT2D eigenvalue weighted by molar-refractivity contribution is -0.00144. The Bertz CT molecular complexity index is 427. The van der Waals surface area contributed by atoms with Crippen LogP contribution in [0.25, 0.3) is 0 Å². The number of halogens is 1. The van der Waals surface area contributed by atoms with Gasteiger partial charge in [0.15, 0.2) is 5.78 Å². The number of likely N-dealkylation sites (N-methyl/N-ethyl adjacent to an activating group) is 1. The zero-order valence-corrected chi connectivity index (χ0v) is 13.6. The Hall–Kier alpha value is -0.710. The molecule has 2 rings (SSSR count). The average molecular weight is 340 g/mol. The number of carbonyl (C=O) groups is 1. The summed E-state index contributed by atoms with van der Waals surface area (Å²) in [7, 11) is 2.06. The molecule has 1 heterocycles. The van der Waals surface area contributed by atoms with E-state index in [0.717, 1.165) is 36.2 Å². The van der Waals surface area contributed by atoms with Crippen molar-refractivity contribution in [3.63, 3.8) is 0 Å². The van der Waals surface area contributed by atoms with Gasteiger partial charge in [-0.05, 0) is 38.4 Å². The molecule has 1 aliphatic heterocycles. The molecule has 0 bridgehead atoms. The van der Waals surface area contributed by atoms with Crippen LogP contribution in [-0.2, 0) is 4.74 Å². The molecule has 1 aromatic rings. The number of Topliss-reactive ketones (excluding diaryl/α,β-unsaturated/α-hetero) is 1. The topological polar surface area (TPSA) is 29.5 Å². The van der Waals surface area contributed by atoms with Crippen molar-refractivity contribution in [2.45, 2.75) is 31.8 Å². The third-order valence-electron chi connectivity index (χ3n) is 3.68.